The molecule has 12 nitrogen and oxygen atoms in total. The SMILES string of the molecule is CC[C@@H](N)C(=O)OCCS(=O)(=O)Nc1ccc(C(=O)Nc2cc3c(c(N4CCC(F)(F)CC4)n2)OCCC3)c(N2CCC3(CC2)CC3)c1. The molecule has 15 heteroatoms. The number of hydrogen-bond acceptors (Lipinski definition) is 10. The number of rotatable bonds is 11. The lowest BCUT2D eigenvalue weighted by Crippen LogP contribution is -2.40. The number of nitrogens with two attached hydrogens (primary N) is 1. The smallest absolute Gasteiger partial charge is 0.322 e. The van der Waals surface area contributed by atoms with Crippen molar-refractivity contribution in [1.82, 2.24) is 4.98 Å². The summed E-state index contributed by atoms with van der Waals surface area (Å²) >= 11 is 0. The Morgan fingerprint density at radius 1 is 1.06 bits per heavy atom. The van der Waals surface area contributed by atoms with Crippen LogP contribution in [0.4, 0.5) is 31.8 Å². The molecule has 1 saturated carbocycles. The van der Waals surface area contributed by atoms with Gasteiger partial charge in [-0.3, -0.25) is 14.3 Å². The Balaban J connectivity index is 1.22. The maximum Gasteiger partial charge on any atom is 0.322 e. The summed E-state index contributed by atoms with van der Waals surface area (Å²) in [5, 5.41) is 2.93. The third-order valence-electron chi connectivity index (χ3n) is 9.88. The molecule has 1 atom stereocenters. The van der Waals surface area contributed by atoms with Crippen molar-refractivity contribution in [1.29, 1.82) is 0 Å². The molecule has 1 spiro atoms. The molecule has 0 radical (unpaired) electrons. The van der Waals surface area contributed by atoms with Gasteiger partial charge in [-0.15, -0.1) is 0 Å². The van der Waals surface area contributed by atoms with E-state index in [4.69, 9.17) is 20.2 Å². The summed E-state index contributed by atoms with van der Waals surface area (Å²) < 4.78 is 67.2. The van der Waals surface area contributed by atoms with Crippen LogP contribution in [-0.4, -0.2) is 82.4 Å². The highest BCUT2D eigenvalue weighted by atomic mass is 32.2. The Kier molecular flexibility index (Phi) is 9.71. The number of fused-ring (bicyclic) bond motifs is 1. The van der Waals surface area contributed by atoms with Crippen LogP contribution in [0.15, 0.2) is 24.3 Å². The average Bonchev–Trinajstić information content (AvgIpc) is 3.82. The molecule has 1 amide bonds. The van der Waals surface area contributed by atoms with Crippen molar-refractivity contribution in [2.24, 2.45) is 11.1 Å². The Hall–Kier alpha value is -3.72. The number of pyridine rings is 1. The molecule has 1 aromatic heterocycles. The first-order valence-electron chi connectivity index (χ1n) is 16.8. The van der Waals surface area contributed by atoms with Gasteiger partial charge in [0, 0.05) is 44.6 Å². The van der Waals surface area contributed by atoms with Crippen molar-refractivity contribution in [3.8, 4) is 5.75 Å². The number of anilines is 4. The number of esters is 1. The largest absolute Gasteiger partial charge is 0.489 e. The molecule has 4 aliphatic rings. The van der Waals surface area contributed by atoms with E-state index in [1.807, 2.05) is 0 Å². The van der Waals surface area contributed by atoms with Gasteiger partial charge in [0.25, 0.3) is 11.8 Å². The summed E-state index contributed by atoms with van der Waals surface area (Å²) in [5.41, 5.74) is 8.10. The molecule has 4 N–H and O–H groups in total. The van der Waals surface area contributed by atoms with Crippen molar-refractivity contribution in [3.63, 3.8) is 0 Å². The van der Waals surface area contributed by atoms with Gasteiger partial charge in [-0.25, -0.2) is 22.2 Å². The summed E-state index contributed by atoms with van der Waals surface area (Å²) in [6, 6.07) is 5.72. The number of aromatic nitrogens is 1. The third-order valence-corrected chi connectivity index (χ3v) is 11.1. The van der Waals surface area contributed by atoms with Crippen LogP contribution >= 0.6 is 0 Å². The van der Waals surface area contributed by atoms with Gasteiger partial charge < -0.3 is 30.3 Å². The van der Waals surface area contributed by atoms with E-state index < -0.39 is 39.6 Å². The Morgan fingerprint density at radius 3 is 2.46 bits per heavy atom. The predicted molar refractivity (Wildman–Crippen MR) is 179 cm³/mol. The first kappa shape index (κ1) is 34.2. The van der Waals surface area contributed by atoms with Gasteiger partial charge in [0.2, 0.25) is 10.0 Å². The van der Waals surface area contributed by atoms with Gasteiger partial charge in [-0.05, 0) is 74.6 Å². The third kappa shape index (κ3) is 7.94. The summed E-state index contributed by atoms with van der Waals surface area (Å²) in [4.78, 5) is 34.4. The first-order valence-corrected chi connectivity index (χ1v) is 18.4. The highest BCUT2D eigenvalue weighted by molar-refractivity contribution is 7.92. The number of carbonyl (C=O) groups excluding carboxylic acids is 2. The van der Waals surface area contributed by atoms with E-state index in [0.717, 1.165) is 37.9 Å². The lowest BCUT2D eigenvalue weighted by atomic mass is 9.93. The molecule has 3 fully saturated rings. The van der Waals surface area contributed by atoms with Gasteiger partial charge in [0.15, 0.2) is 11.6 Å². The van der Waals surface area contributed by atoms with Crippen LogP contribution in [0, 0.1) is 5.41 Å². The molecule has 1 aromatic carbocycles. The number of hydrogen-bond donors (Lipinski definition) is 3. The zero-order chi connectivity index (χ0) is 34.1. The van der Waals surface area contributed by atoms with Crippen LogP contribution < -0.4 is 30.3 Å². The minimum absolute atomic E-state index is 0.125. The number of nitrogens with one attached hydrogen (secondary N) is 2. The predicted octanol–water partition coefficient (Wildman–Crippen LogP) is 4.30. The van der Waals surface area contributed by atoms with Gasteiger partial charge in [-0.2, -0.15) is 0 Å². The molecule has 48 heavy (non-hydrogen) atoms. The second kappa shape index (κ2) is 13.7. The number of alkyl halides is 2. The van der Waals surface area contributed by atoms with Crippen LogP contribution in [0.2, 0.25) is 0 Å². The van der Waals surface area contributed by atoms with E-state index in [1.54, 1.807) is 30.0 Å². The standard InChI is InChI=1S/C33H44F2N6O6S/c1-2-25(36)31(43)47-18-19-48(44,45)39-23-5-6-24(26(21-23)40-13-9-32(7-8-32)10-14-40)30(42)38-27-20-22-4-3-17-46-28(22)29(37-27)41-15-11-33(34,35)12-16-41/h5-6,20-21,25,39H,2-4,7-19,36H2,1H3,(H,37,38,42)/t25-/m1/s1. The first-order chi connectivity index (χ1) is 22.9. The number of piperidine rings is 2. The highest BCUT2D eigenvalue weighted by Crippen LogP contribution is 2.54. The molecule has 0 bridgehead atoms. The fourth-order valence-electron chi connectivity index (χ4n) is 6.56. The molecule has 0 unspecified atom stereocenters. The Labute approximate surface area is 279 Å². The molecule has 6 rings (SSSR count). The average molecular weight is 691 g/mol. The van der Waals surface area contributed by atoms with E-state index in [0.29, 0.717) is 53.5 Å². The van der Waals surface area contributed by atoms with E-state index >= 15 is 0 Å². The lowest BCUT2D eigenvalue weighted by Gasteiger charge is -2.35. The maximum atomic E-state index is 14.0. The number of benzene rings is 1. The summed E-state index contributed by atoms with van der Waals surface area (Å²) in [6.07, 6.45) is 5.68. The minimum atomic E-state index is -3.89. The number of ether oxygens (including phenoxy) is 2. The van der Waals surface area contributed by atoms with Gasteiger partial charge in [-0.1, -0.05) is 6.92 Å². The van der Waals surface area contributed by atoms with E-state index in [9.17, 15) is 26.8 Å². The Morgan fingerprint density at radius 2 is 1.77 bits per heavy atom. The lowest BCUT2D eigenvalue weighted by molar-refractivity contribution is -0.144. The molecule has 3 aliphatic heterocycles. The fraction of sp³-hybridized carbons (Fsp3) is 0.606. The fourth-order valence-corrected chi connectivity index (χ4v) is 7.45. The van der Waals surface area contributed by atoms with Crippen molar-refractivity contribution in [2.75, 3.05) is 65.0 Å². The second-order valence-electron chi connectivity index (χ2n) is 13.4. The van der Waals surface area contributed by atoms with Crippen LogP contribution in [0.25, 0.3) is 0 Å². The Bertz CT molecular complexity index is 1630. The van der Waals surface area contributed by atoms with Crippen molar-refractivity contribution in [2.45, 2.75) is 76.7 Å². The minimum Gasteiger partial charge on any atom is -0.489 e. The van der Waals surface area contributed by atoms with Crippen molar-refractivity contribution >= 4 is 44.9 Å². The molecule has 262 valence electrons. The number of nitrogens with zero attached hydrogens (tertiary/aromatic N) is 3. The van der Waals surface area contributed by atoms with Crippen LogP contribution in [0.1, 0.15) is 74.2 Å². The van der Waals surface area contributed by atoms with E-state index in [-0.39, 0.29) is 38.2 Å². The molecule has 2 saturated heterocycles. The van der Waals surface area contributed by atoms with Crippen LogP contribution in [-0.2, 0) is 26.0 Å². The summed E-state index contributed by atoms with van der Waals surface area (Å²) in [7, 11) is -3.89. The van der Waals surface area contributed by atoms with Crippen molar-refractivity contribution in [3.05, 3.63) is 35.4 Å². The number of aryl methyl sites for hydroxylation is 1. The van der Waals surface area contributed by atoms with Gasteiger partial charge in [0.1, 0.15) is 24.2 Å². The zero-order valence-corrected chi connectivity index (χ0v) is 28.0. The van der Waals surface area contributed by atoms with Gasteiger partial charge in [0.05, 0.1) is 23.5 Å². The number of carbonyl (C=O) groups is 2. The maximum absolute atomic E-state index is 14.0. The topological polar surface area (TPSA) is 156 Å². The number of amides is 1. The normalized spacial score (nSPS) is 20.3. The summed E-state index contributed by atoms with van der Waals surface area (Å²) in [5.74, 6) is -2.93. The van der Waals surface area contributed by atoms with E-state index in [2.05, 4.69) is 14.9 Å². The highest BCUT2D eigenvalue weighted by Gasteiger charge is 2.45. The molecular weight excluding hydrogens is 646 g/mol. The van der Waals surface area contributed by atoms with Gasteiger partial charge >= 0.3 is 5.97 Å². The van der Waals surface area contributed by atoms with Crippen LogP contribution in [0.5, 0.6) is 5.75 Å². The quantitative estimate of drug-likeness (QED) is 0.291. The molecule has 4 heterocycles. The molecular formula is C33H44F2N6O6S. The summed E-state index contributed by atoms with van der Waals surface area (Å²) in [6.45, 7) is 3.59. The van der Waals surface area contributed by atoms with Crippen LogP contribution in [0.3, 0.4) is 0 Å². The number of halogens is 2. The molecule has 1 aliphatic carbocycles. The second-order valence-corrected chi connectivity index (χ2v) is 15.2. The van der Waals surface area contributed by atoms with E-state index in [1.165, 1.54) is 18.9 Å². The van der Waals surface area contributed by atoms with Crippen molar-refractivity contribution < 1.29 is 36.3 Å². The number of sulfonamides is 1. The monoisotopic (exact) mass is 690 g/mol. The molecule has 2 aromatic rings. The zero-order valence-electron chi connectivity index (χ0n) is 27.2.